The van der Waals surface area contributed by atoms with Gasteiger partial charge in [0.25, 0.3) is 10.0 Å². The van der Waals surface area contributed by atoms with Crippen molar-refractivity contribution in [3.8, 4) is 0 Å². The van der Waals surface area contributed by atoms with Crippen LogP contribution in [-0.4, -0.2) is 38.6 Å². The molecule has 2 aromatic heterocycles. The Labute approximate surface area is 159 Å². The Morgan fingerprint density at radius 3 is 2.56 bits per heavy atom. The first-order chi connectivity index (χ1) is 12.0. The summed E-state index contributed by atoms with van der Waals surface area (Å²) < 4.78 is 27.7. The van der Waals surface area contributed by atoms with Crippen LogP contribution >= 0.6 is 34.5 Å². The molecule has 1 saturated heterocycles. The average molecular weight is 416 g/mol. The Morgan fingerprint density at radius 2 is 1.88 bits per heavy atom. The maximum absolute atomic E-state index is 13.0. The number of piperazine rings is 1. The predicted molar refractivity (Wildman–Crippen MR) is 104 cm³/mol. The summed E-state index contributed by atoms with van der Waals surface area (Å²) in [5.74, 6) is 0. The lowest BCUT2D eigenvalue weighted by Crippen LogP contribution is -2.43. The van der Waals surface area contributed by atoms with Gasteiger partial charge in [-0.2, -0.15) is 8.42 Å². The summed E-state index contributed by atoms with van der Waals surface area (Å²) in [6.45, 7) is 3.63. The summed E-state index contributed by atoms with van der Waals surface area (Å²) in [6.07, 6.45) is 1.59. The third kappa shape index (κ3) is 2.94. The second kappa shape index (κ2) is 6.48. The molecule has 0 bridgehead atoms. The molecule has 0 atom stereocenters. The van der Waals surface area contributed by atoms with Crippen molar-refractivity contribution >= 4 is 61.2 Å². The molecule has 3 aromatic rings. The molecule has 25 heavy (non-hydrogen) atoms. The van der Waals surface area contributed by atoms with Gasteiger partial charge in [0.15, 0.2) is 0 Å². The molecule has 9 heteroatoms. The second-order valence-corrected chi connectivity index (χ2v) is 9.85. The standard InChI is InChI=1S/C16H15Cl2N3O2S2/c17-12-10-15(24-16(12)18)25(22,23)21-7-4-11-13(2-1-3-14(11)21)20-8-5-19-6-9-20/h1-4,7,10,19H,5-6,8-9H2. The molecular formula is C16H15Cl2N3O2S2. The molecular weight excluding hydrogens is 401 g/mol. The number of rotatable bonds is 3. The lowest BCUT2D eigenvalue weighted by atomic mass is 10.2. The normalized spacial score (nSPS) is 15.8. The number of halogens is 2. The van der Waals surface area contributed by atoms with E-state index in [1.807, 2.05) is 24.3 Å². The van der Waals surface area contributed by atoms with Gasteiger partial charge in [-0.15, -0.1) is 11.3 Å². The third-order valence-corrected chi connectivity index (χ3v) is 8.27. The van der Waals surface area contributed by atoms with E-state index in [0.29, 0.717) is 5.52 Å². The quantitative estimate of drug-likeness (QED) is 0.708. The molecule has 1 aliphatic rings. The first-order valence-corrected chi connectivity index (χ1v) is 10.8. The smallest absolute Gasteiger partial charge is 0.277 e. The van der Waals surface area contributed by atoms with E-state index in [1.54, 1.807) is 6.20 Å². The molecule has 0 saturated carbocycles. The fourth-order valence-corrected chi connectivity index (χ4v) is 6.39. The van der Waals surface area contributed by atoms with Crippen LogP contribution in [0.5, 0.6) is 0 Å². The molecule has 0 radical (unpaired) electrons. The van der Waals surface area contributed by atoms with Crippen LogP contribution in [0.1, 0.15) is 0 Å². The minimum Gasteiger partial charge on any atom is -0.368 e. The summed E-state index contributed by atoms with van der Waals surface area (Å²) in [4.78, 5) is 2.27. The van der Waals surface area contributed by atoms with E-state index in [2.05, 4.69) is 10.2 Å². The zero-order valence-corrected chi connectivity index (χ0v) is 16.2. The molecule has 3 heterocycles. The first-order valence-electron chi connectivity index (χ1n) is 7.74. The Morgan fingerprint density at radius 1 is 1.12 bits per heavy atom. The fourth-order valence-electron chi connectivity index (χ4n) is 3.07. The lowest BCUT2D eigenvalue weighted by molar-refractivity contribution is 0.590. The molecule has 1 aliphatic heterocycles. The van der Waals surface area contributed by atoms with Gasteiger partial charge in [-0.1, -0.05) is 29.3 Å². The minimum atomic E-state index is -3.74. The van der Waals surface area contributed by atoms with Gasteiger partial charge in [-0.3, -0.25) is 0 Å². The SMILES string of the molecule is O=S(=O)(c1cc(Cl)c(Cl)s1)n1ccc2c(N3CCNCC3)cccc21. The van der Waals surface area contributed by atoms with Crippen molar-refractivity contribution in [3.63, 3.8) is 0 Å². The highest BCUT2D eigenvalue weighted by atomic mass is 35.5. The molecule has 1 aromatic carbocycles. The van der Waals surface area contributed by atoms with Crippen LogP contribution in [0.4, 0.5) is 5.69 Å². The maximum Gasteiger partial charge on any atom is 0.277 e. The summed E-state index contributed by atoms with van der Waals surface area (Å²) in [5.41, 5.74) is 1.70. The van der Waals surface area contributed by atoms with Crippen molar-refractivity contribution in [3.05, 3.63) is 45.9 Å². The van der Waals surface area contributed by atoms with Crippen LogP contribution < -0.4 is 10.2 Å². The second-order valence-electron chi connectivity index (χ2n) is 5.75. The van der Waals surface area contributed by atoms with Gasteiger partial charge in [0, 0.05) is 43.4 Å². The molecule has 0 unspecified atom stereocenters. The van der Waals surface area contributed by atoms with Crippen LogP contribution in [0.25, 0.3) is 10.9 Å². The summed E-state index contributed by atoms with van der Waals surface area (Å²) in [7, 11) is -3.74. The highest BCUT2D eigenvalue weighted by molar-refractivity contribution is 7.92. The number of thiophene rings is 1. The van der Waals surface area contributed by atoms with E-state index in [1.165, 1.54) is 10.0 Å². The van der Waals surface area contributed by atoms with E-state index in [9.17, 15) is 8.42 Å². The summed E-state index contributed by atoms with van der Waals surface area (Å²) in [6, 6.07) is 8.98. The van der Waals surface area contributed by atoms with Gasteiger partial charge in [0.2, 0.25) is 0 Å². The Kier molecular flexibility index (Phi) is 4.45. The number of fused-ring (bicyclic) bond motifs is 1. The van der Waals surface area contributed by atoms with Crippen LogP contribution in [0.3, 0.4) is 0 Å². The van der Waals surface area contributed by atoms with E-state index in [0.717, 1.165) is 48.6 Å². The van der Waals surface area contributed by atoms with Crippen LogP contribution in [0.2, 0.25) is 9.36 Å². The van der Waals surface area contributed by atoms with Crippen LogP contribution in [0, 0.1) is 0 Å². The Balaban J connectivity index is 1.84. The number of nitrogens with one attached hydrogen (secondary N) is 1. The van der Waals surface area contributed by atoms with Crippen LogP contribution in [-0.2, 0) is 10.0 Å². The number of hydrogen-bond donors (Lipinski definition) is 1. The van der Waals surface area contributed by atoms with Crippen molar-refractivity contribution in [2.75, 3.05) is 31.1 Å². The minimum absolute atomic E-state index is 0.132. The van der Waals surface area contributed by atoms with Gasteiger partial charge in [0.1, 0.15) is 8.55 Å². The average Bonchev–Trinajstić information content (AvgIpc) is 3.20. The highest BCUT2D eigenvalue weighted by Gasteiger charge is 2.24. The number of anilines is 1. The van der Waals surface area contributed by atoms with Gasteiger partial charge in [0.05, 0.1) is 10.5 Å². The van der Waals surface area contributed by atoms with Crippen molar-refractivity contribution in [2.45, 2.75) is 4.21 Å². The number of hydrogen-bond acceptors (Lipinski definition) is 5. The molecule has 0 amide bonds. The summed E-state index contributed by atoms with van der Waals surface area (Å²) in [5, 5.41) is 4.50. The van der Waals surface area contributed by atoms with Crippen molar-refractivity contribution in [2.24, 2.45) is 0 Å². The molecule has 1 N–H and O–H groups in total. The third-order valence-electron chi connectivity index (χ3n) is 4.27. The van der Waals surface area contributed by atoms with Gasteiger partial charge in [-0.25, -0.2) is 3.97 Å². The topological polar surface area (TPSA) is 54.3 Å². The molecule has 132 valence electrons. The Bertz CT molecular complexity index is 1020. The van der Waals surface area contributed by atoms with E-state index in [-0.39, 0.29) is 13.6 Å². The first kappa shape index (κ1) is 17.2. The largest absolute Gasteiger partial charge is 0.368 e. The molecule has 1 fully saturated rings. The fraction of sp³-hybridized carbons (Fsp3) is 0.250. The number of benzene rings is 1. The Hall–Kier alpha value is -1.25. The van der Waals surface area contributed by atoms with Crippen molar-refractivity contribution in [1.29, 1.82) is 0 Å². The molecule has 4 rings (SSSR count). The van der Waals surface area contributed by atoms with Gasteiger partial charge >= 0.3 is 0 Å². The van der Waals surface area contributed by atoms with Crippen LogP contribution in [0.15, 0.2) is 40.7 Å². The van der Waals surface area contributed by atoms with E-state index < -0.39 is 10.0 Å². The van der Waals surface area contributed by atoms with Gasteiger partial charge in [-0.05, 0) is 24.3 Å². The summed E-state index contributed by atoms with van der Waals surface area (Å²) >= 11 is 12.8. The number of nitrogens with zero attached hydrogens (tertiary/aromatic N) is 2. The zero-order chi connectivity index (χ0) is 17.6. The monoisotopic (exact) mass is 415 g/mol. The maximum atomic E-state index is 13.0. The van der Waals surface area contributed by atoms with Crippen molar-refractivity contribution < 1.29 is 8.42 Å². The lowest BCUT2D eigenvalue weighted by Gasteiger charge is -2.30. The molecule has 0 spiro atoms. The molecule has 5 nitrogen and oxygen atoms in total. The van der Waals surface area contributed by atoms with Gasteiger partial charge < -0.3 is 10.2 Å². The van der Waals surface area contributed by atoms with Crippen molar-refractivity contribution in [1.82, 2.24) is 9.29 Å². The van der Waals surface area contributed by atoms with E-state index >= 15 is 0 Å². The zero-order valence-electron chi connectivity index (χ0n) is 13.1. The molecule has 0 aliphatic carbocycles. The number of aromatic nitrogens is 1. The highest BCUT2D eigenvalue weighted by Crippen LogP contribution is 2.37. The predicted octanol–water partition coefficient (Wildman–Crippen LogP) is 3.66. The van der Waals surface area contributed by atoms with E-state index in [4.69, 9.17) is 23.2 Å².